The lowest BCUT2D eigenvalue weighted by Crippen LogP contribution is -2.32. The second-order valence-electron chi connectivity index (χ2n) is 11.9. The summed E-state index contributed by atoms with van der Waals surface area (Å²) in [6.07, 6.45) is 10.2. The van der Waals surface area contributed by atoms with Crippen molar-refractivity contribution in [1.29, 1.82) is 0 Å². The first-order chi connectivity index (χ1) is 18.0. The zero-order valence-electron chi connectivity index (χ0n) is 22.5. The van der Waals surface area contributed by atoms with E-state index in [0.29, 0.717) is 5.92 Å². The Morgan fingerprint density at radius 2 is 1.70 bits per heavy atom. The molecule has 1 aromatic heterocycles. The molecule has 0 bridgehead atoms. The van der Waals surface area contributed by atoms with E-state index in [4.69, 9.17) is 0 Å². The number of benzene rings is 4. The maximum Gasteiger partial charge on any atom is 0.222 e. The van der Waals surface area contributed by atoms with Crippen molar-refractivity contribution in [3.63, 3.8) is 0 Å². The van der Waals surface area contributed by atoms with E-state index in [2.05, 4.69) is 93.2 Å². The minimum atomic E-state index is 0.608. The summed E-state index contributed by atoms with van der Waals surface area (Å²) >= 11 is 2.02. The van der Waals surface area contributed by atoms with Gasteiger partial charge >= 0.3 is 0 Å². The van der Waals surface area contributed by atoms with Gasteiger partial charge in [0.1, 0.15) is 7.05 Å². The molecular weight excluding hydrogens is 466 g/mol. The number of aryl methyl sites for hydroxylation is 2. The maximum atomic E-state index is 2.50. The molecule has 0 atom stereocenters. The third-order valence-electron chi connectivity index (χ3n) is 8.89. The summed E-state index contributed by atoms with van der Waals surface area (Å²) in [6.45, 7) is 7.04. The van der Waals surface area contributed by atoms with Crippen LogP contribution in [0.2, 0.25) is 0 Å². The number of aromatic nitrogens is 1. The Morgan fingerprint density at radius 3 is 2.49 bits per heavy atom. The first kappa shape index (κ1) is 23.3. The molecule has 4 aromatic carbocycles. The van der Waals surface area contributed by atoms with Gasteiger partial charge in [-0.2, -0.15) is 0 Å². The second kappa shape index (κ2) is 8.88. The fraction of sp³-hybridized carbons (Fsp3) is 0.343. The van der Waals surface area contributed by atoms with Gasteiger partial charge in [0.05, 0.1) is 10.9 Å². The van der Waals surface area contributed by atoms with Gasteiger partial charge in [0.15, 0.2) is 6.20 Å². The molecule has 0 saturated heterocycles. The predicted octanol–water partition coefficient (Wildman–Crippen LogP) is 9.34. The summed E-state index contributed by atoms with van der Waals surface area (Å²) in [5, 5.41) is 8.60. The van der Waals surface area contributed by atoms with Crippen LogP contribution in [0.25, 0.3) is 43.6 Å². The minimum Gasteiger partial charge on any atom is -0.200 e. The van der Waals surface area contributed by atoms with Crippen LogP contribution in [-0.2, 0) is 19.9 Å². The van der Waals surface area contributed by atoms with E-state index in [1.54, 1.807) is 5.56 Å². The van der Waals surface area contributed by atoms with Crippen LogP contribution < -0.4 is 4.57 Å². The van der Waals surface area contributed by atoms with Gasteiger partial charge in [0.2, 0.25) is 5.69 Å². The Hall–Kier alpha value is -2.84. The molecule has 37 heavy (non-hydrogen) atoms. The van der Waals surface area contributed by atoms with Crippen molar-refractivity contribution in [1.82, 2.24) is 0 Å². The van der Waals surface area contributed by atoms with Crippen molar-refractivity contribution in [2.45, 2.75) is 69.1 Å². The molecule has 2 heterocycles. The number of pyridine rings is 1. The highest BCUT2D eigenvalue weighted by atomic mass is 32.2. The highest BCUT2D eigenvalue weighted by Gasteiger charge is 2.32. The lowest BCUT2D eigenvalue weighted by Gasteiger charge is -2.26. The van der Waals surface area contributed by atoms with Crippen LogP contribution in [0.1, 0.15) is 56.2 Å². The standard InChI is InChI=1S/C35H36NS/c1-21(2)18-29-27-15-8-7-14-26(27)22(3)31-34-33-28(16-17-36(34)4)32-24(19-23-10-5-6-11-23)12-9-13-25(32)20-30(33)37-35(29)31/h7-9,12-17,20-21,23H,5-6,10-11,18-19H2,1-4H3/q+1. The molecule has 2 heteroatoms. The Kier molecular flexibility index (Phi) is 5.59. The fourth-order valence-electron chi connectivity index (χ4n) is 7.24. The summed E-state index contributed by atoms with van der Waals surface area (Å²) in [6, 6.07) is 21.0. The molecule has 1 aliphatic carbocycles. The topological polar surface area (TPSA) is 3.88 Å². The molecule has 0 N–H and O–H groups in total. The van der Waals surface area contributed by atoms with E-state index in [-0.39, 0.29) is 0 Å². The van der Waals surface area contributed by atoms with Gasteiger partial charge in [-0.15, -0.1) is 0 Å². The molecule has 2 aliphatic rings. The van der Waals surface area contributed by atoms with E-state index < -0.39 is 0 Å². The summed E-state index contributed by atoms with van der Waals surface area (Å²) in [7, 11) is 2.24. The number of hydrogen-bond acceptors (Lipinski definition) is 1. The third-order valence-corrected chi connectivity index (χ3v) is 10.1. The van der Waals surface area contributed by atoms with Crippen molar-refractivity contribution >= 4 is 44.1 Å². The van der Waals surface area contributed by atoms with E-state index in [1.165, 1.54) is 96.6 Å². The molecule has 1 nitrogen and oxygen atoms in total. The van der Waals surface area contributed by atoms with Gasteiger partial charge in [-0.3, -0.25) is 0 Å². The SMILES string of the molecule is Cc1c2c(c(CC(C)C)c3ccccc13)Sc1cc3cccc(CC4CCCC4)c3c3cc[n+](C)c-2c13. The smallest absolute Gasteiger partial charge is 0.200 e. The molecule has 5 aromatic rings. The molecular formula is C35H36NS+. The van der Waals surface area contributed by atoms with Gasteiger partial charge in [0, 0.05) is 21.2 Å². The van der Waals surface area contributed by atoms with Crippen molar-refractivity contribution in [2.24, 2.45) is 18.9 Å². The van der Waals surface area contributed by atoms with Crippen LogP contribution in [-0.4, -0.2) is 0 Å². The monoisotopic (exact) mass is 502 g/mol. The Bertz CT molecular complexity index is 1700. The lowest BCUT2D eigenvalue weighted by molar-refractivity contribution is -0.659. The summed E-state index contributed by atoms with van der Waals surface area (Å²) in [4.78, 5) is 2.89. The van der Waals surface area contributed by atoms with E-state index in [1.807, 2.05) is 11.8 Å². The highest BCUT2D eigenvalue weighted by molar-refractivity contribution is 8.00. The van der Waals surface area contributed by atoms with Crippen molar-refractivity contribution < 1.29 is 4.57 Å². The van der Waals surface area contributed by atoms with Gasteiger partial charge in [-0.05, 0) is 75.9 Å². The quantitative estimate of drug-likeness (QED) is 0.171. The molecule has 186 valence electrons. The van der Waals surface area contributed by atoms with Crippen LogP contribution in [0.5, 0.6) is 0 Å². The van der Waals surface area contributed by atoms with E-state index >= 15 is 0 Å². The molecule has 1 aliphatic heterocycles. The number of fused-ring (bicyclic) bond motifs is 5. The van der Waals surface area contributed by atoms with Crippen molar-refractivity contribution in [2.75, 3.05) is 0 Å². The first-order valence-corrected chi connectivity index (χ1v) is 14.9. The average molecular weight is 503 g/mol. The van der Waals surface area contributed by atoms with Crippen LogP contribution in [0.3, 0.4) is 0 Å². The number of rotatable bonds is 4. The molecule has 7 rings (SSSR count). The summed E-state index contributed by atoms with van der Waals surface area (Å²) in [5.74, 6) is 1.45. The Morgan fingerprint density at radius 1 is 0.919 bits per heavy atom. The summed E-state index contributed by atoms with van der Waals surface area (Å²) < 4.78 is 2.39. The van der Waals surface area contributed by atoms with E-state index in [0.717, 1.165) is 12.3 Å². The molecule has 1 saturated carbocycles. The summed E-state index contributed by atoms with van der Waals surface area (Å²) in [5.41, 5.74) is 7.33. The normalized spacial score (nSPS) is 15.4. The van der Waals surface area contributed by atoms with Crippen LogP contribution in [0.15, 0.2) is 70.6 Å². The van der Waals surface area contributed by atoms with Crippen LogP contribution >= 0.6 is 11.8 Å². The molecule has 0 radical (unpaired) electrons. The second-order valence-corrected chi connectivity index (χ2v) is 12.9. The number of nitrogens with zero attached hydrogens (tertiary/aromatic N) is 1. The zero-order valence-corrected chi connectivity index (χ0v) is 23.3. The minimum absolute atomic E-state index is 0.608. The average Bonchev–Trinajstić information content (AvgIpc) is 3.40. The molecule has 0 unspecified atom stereocenters. The van der Waals surface area contributed by atoms with Crippen LogP contribution in [0.4, 0.5) is 0 Å². The largest absolute Gasteiger partial charge is 0.222 e. The molecule has 0 amide bonds. The first-order valence-electron chi connectivity index (χ1n) is 14.1. The molecule has 0 spiro atoms. The van der Waals surface area contributed by atoms with Crippen LogP contribution in [0, 0.1) is 18.8 Å². The third kappa shape index (κ3) is 3.63. The van der Waals surface area contributed by atoms with Gasteiger partial charge in [-0.1, -0.05) is 93.8 Å². The van der Waals surface area contributed by atoms with E-state index in [9.17, 15) is 0 Å². The van der Waals surface area contributed by atoms with Crippen molar-refractivity contribution in [3.8, 4) is 11.3 Å². The van der Waals surface area contributed by atoms with Gasteiger partial charge in [0.25, 0.3) is 0 Å². The number of hydrogen-bond donors (Lipinski definition) is 0. The molecule has 1 fully saturated rings. The fourth-order valence-corrected chi connectivity index (χ4v) is 8.62. The lowest BCUT2D eigenvalue weighted by atomic mass is 9.87. The Labute approximate surface area is 224 Å². The zero-order chi connectivity index (χ0) is 25.3. The predicted molar refractivity (Wildman–Crippen MR) is 159 cm³/mol. The van der Waals surface area contributed by atoms with Gasteiger partial charge in [-0.25, -0.2) is 4.57 Å². The van der Waals surface area contributed by atoms with Crippen molar-refractivity contribution in [3.05, 3.63) is 77.5 Å². The Balaban J connectivity index is 1.57. The van der Waals surface area contributed by atoms with Gasteiger partial charge < -0.3 is 0 Å². The highest BCUT2D eigenvalue weighted by Crippen LogP contribution is 2.53. The maximum absolute atomic E-state index is 2.50.